The number of benzene rings is 1. The van der Waals surface area contributed by atoms with Gasteiger partial charge < -0.3 is 14.8 Å². The minimum atomic E-state index is 0.324. The molecule has 0 aromatic heterocycles. The molecular formula is C16H23BrN2O2. The number of fused-ring (bicyclic) bond motifs is 1. The van der Waals surface area contributed by atoms with Crippen LogP contribution in [0.1, 0.15) is 31.7 Å². The van der Waals surface area contributed by atoms with Crippen molar-refractivity contribution in [3.05, 3.63) is 22.2 Å². The SMILES string of the molecule is CC(CNCc1cc2c(cc1Br)OCO2)N1CCCCC1. The zero-order valence-electron chi connectivity index (χ0n) is 12.5. The molecule has 2 heterocycles. The number of hydrogen-bond acceptors (Lipinski definition) is 4. The molecule has 5 heteroatoms. The highest BCUT2D eigenvalue weighted by atomic mass is 79.9. The Bertz CT molecular complexity index is 489. The van der Waals surface area contributed by atoms with Crippen molar-refractivity contribution >= 4 is 15.9 Å². The van der Waals surface area contributed by atoms with Gasteiger partial charge in [0, 0.05) is 23.6 Å². The number of hydrogen-bond donors (Lipinski definition) is 1. The normalized spacial score (nSPS) is 19.7. The van der Waals surface area contributed by atoms with Gasteiger partial charge in [-0.15, -0.1) is 0 Å². The Balaban J connectivity index is 1.51. The van der Waals surface area contributed by atoms with Gasteiger partial charge >= 0.3 is 0 Å². The van der Waals surface area contributed by atoms with Gasteiger partial charge in [0.2, 0.25) is 6.79 Å². The van der Waals surface area contributed by atoms with Gasteiger partial charge in [-0.25, -0.2) is 0 Å². The molecule has 2 aliphatic heterocycles. The molecule has 1 fully saturated rings. The van der Waals surface area contributed by atoms with Crippen LogP contribution >= 0.6 is 15.9 Å². The molecule has 4 nitrogen and oxygen atoms in total. The van der Waals surface area contributed by atoms with Crippen LogP contribution in [0.15, 0.2) is 16.6 Å². The molecule has 1 N–H and O–H groups in total. The van der Waals surface area contributed by atoms with Crippen LogP contribution in [0.2, 0.25) is 0 Å². The van der Waals surface area contributed by atoms with E-state index in [1.807, 2.05) is 6.07 Å². The minimum Gasteiger partial charge on any atom is -0.454 e. The molecule has 0 bridgehead atoms. The highest BCUT2D eigenvalue weighted by molar-refractivity contribution is 9.10. The van der Waals surface area contributed by atoms with E-state index in [1.165, 1.54) is 37.9 Å². The van der Waals surface area contributed by atoms with Gasteiger partial charge in [-0.2, -0.15) is 0 Å². The molecule has 116 valence electrons. The van der Waals surface area contributed by atoms with Crippen LogP contribution in [-0.2, 0) is 6.54 Å². The van der Waals surface area contributed by atoms with Crippen molar-refractivity contribution in [1.29, 1.82) is 0 Å². The zero-order chi connectivity index (χ0) is 14.7. The summed E-state index contributed by atoms with van der Waals surface area (Å²) < 4.78 is 11.9. The summed E-state index contributed by atoms with van der Waals surface area (Å²) in [7, 11) is 0. The van der Waals surface area contributed by atoms with Crippen LogP contribution < -0.4 is 14.8 Å². The highest BCUT2D eigenvalue weighted by Gasteiger charge is 2.18. The smallest absolute Gasteiger partial charge is 0.231 e. The maximum atomic E-state index is 5.44. The average Bonchev–Trinajstić information content (AvgIpc) is 2.95. The number of likely N-dealkylation sites (tertiary alicyclic amines) is 1. The van der Waals surface area contributed by atoms with Crippen molar-refractivity contribution in [2.45, 2.75) is 38.8 Å². The fraction of sp³-hybridized carbons (Fsp3) is 0.625. The predicted molar refractivity (Wildman–Crippen MR) is 86.9 cm³/mol. The lowest BCUT2D eigenvalue weighted by molar-refractivity contribution is 0.170. The van der Waals surface area contributed by atoms with E-state index in [1.54, 1.807) is 0 Å². The van der Waals surface area contributed by atoms with Crippen molar-refractivity contribution in [3.8, 4) is 11.5 Å². The largest absolute Gasteiger partial charge is 0.454 e. The van der Waals surface area contributed by atoms with Gasteiger partial charge in [-0.05, 0) is 50.6 Å². The molecule has 0 spiro atoms. The first kappa shape index (κ1) is 15.1. The van der Waals surface area contributed by atoms with E-state index in [4.69, 9.17) is 9.47 Å². The molecule has 21 heavy (non-hydrogen) atoms. The Morgan fingerprint density at radius 3 is 2.67 bits per heavy atom. The van der Waals surface area contributed by atoms with E-state index in [-0.39, 0.29) is 0 Å². The maximum absolute atomic E-state index is 5.44. The van der Waals surface area contributed by atoms with Crippen LogP contribution in [-0.4, -0.2) is 37.4 Å². The third kappa shape index (κ3) is 3.71. The number of halogens is 1. The summed E-state index contributed by atoms with van der Waals surface area (Å²) in [6, 6.07) is 4.65. The quantitative estimate of drug-likeness (QED) is 0.880. The van der Waals surface area contributed by atoms with Crippen LogP contribution in [0.25, 0.3) is 0 Å². The third-order valence-electron chi connectivity index (χ3n) is 4.31. The summed E-state index contributed by atoms with van der Waals surface area (Å²) in [5, 5.41) is 3.56. The standard InChI is InChI=1S/C16H23BrN2O2/c1-12(19-5-3-2-4-6-19)9-18-10-13-7-15-16(8-14(13)17)21-11-20-15/h7-8,12,18H,2-6,9-11H2,1H3. The van der Waals surface area contributed by atoms with E-state index in [2.05, 4.69) is 39.1 Å². The van der Waals surface area contributed by atoms with Crippen molar-refractivity contribution in [2.75, 3.05) is 26.4 Å². The Labute approximate surface area is 134 Å². The first-order valence-corrected chi connectivity index (χ1v) is 8.56. The van der Waals surface area contributed by atoms with Crippen LogP contribution in [0, 0.1) is 0 Å². The topological polar surface area (TPSA) is 33.7 Å². The van der Waals surface area contributed by atoms with E-state index < -0.39 is 0 Å². The second-order valence-corrected chi connectivity index (χ2v) is 6.73. The molecule has 0 amide bonds. The van der Waals surface area contributed by atoms with Gasteiger partial charge in [0.25, 0.3) is 0 Å². The number of rotatable bonds is 5. The second kappa shape index (κ2) is 6.99. The molecule has 3 rings (SSSR count). The third-order valence-corrected chi connectivity index (χ3v) is 5.05. The zero-order valence-corrected chi connectivity index (χ0v) is 14.1. The number of piperidine rings is 1. The van der Waals surface area contributed by atoms with Gasteiger partial charge in [-0.1, -0.05) is 22.4 Å². The summed E-state index contributed by atoms with van der Waals surface area (Å²) in [5.41, 5.74) is 1.21. The summed E-state index contributed by atoms with van der Waals surface area (Å²) >= 11 is 3.61. The van der Waals surface area contributed by atoms with Gasteiger partial charge in [-0.3, -0.25) is 4.90 Å². The molecular weight excluding hydrogens is 332 g/mol. The van der Waals surface area contributed by atoms with Crippen molar-refractivity contribution < 1.29 is 9.47 Å². The predicted octanol–water partition coefficient (Wildman–Crippen LogP) is 3.14. The molecule has 1 aromatic carbocycles. The average molecular weight is 355 g/mol. The van der Waals surface area contributed by atoms with Gasteiger partial charge in [0.05, 0.1) is 0 Å². The molecule has 1 aromatic rings. The van der Waals surface area contributed by atoms with Crippen LogP contribution in [0.5, 0.6) is 11.5 Å². The maximum Gasteiger partial charge on any atom is 0.231 e. The van der Waals surface area contributed by atoms with Crippen LogP contribution in [0.3, 0.4) is 0 Å². The summed E-state index contributed by atoms with van der Waals surface area (Å²) in [6.45, 7) is 6.99. The molecule has 1 saturated heterocycles. The second-order valence-electron chi connectivity index (χ2n) is 5.87. The van der Waals surface area contributed by atoms with E-state index in [9.17, 15) is 0 Å². The molecule has 1 unspecified atom stereocenters. The Hall–Kier alpha value is -0.780. The van der Waals surface area contributed by atoms with Gasteiger partial charge in [0.15, 0.2) is 11.5 Å². The lowest BCUT2D eigenvalue weighted by Crippen LogP contribution is -2.42. The minimum absolute atomic E-state index is 0.324. The highest BCUT2D eigenvalue weighted by Crippen LogP contribution is 2.36. The van der Waals surface area contributed by atoms with E-state index in [0.717, 1.165) is 29.1 Å². The fourth-order valence-corrected chi connectivity index (χ4v) is 3.46. The fourth-order valence-electron chi connectivity index (χ4n) is 3.00. The van der Waals surface area contributed by atoms with Gasteiger partial charge in [0.1, 0.15) is 0 Å². The molecule has 0 saturated carbocycles. The molecule has 1 atom stereocenters. The number of nitrogens with one attached hydrogen (secondary N) is 1. The summed E-state index contributed by atoms with van der Waals surface area (Å²) in [6.07, 6.45) is 4.08. The lowest BCUT2D eigenvalue weighted by atomic mass is 10.1. The van der Waals surface area contributed by atoms with Crippen molar-refractivity contribution in [2.24, 2.45) is 0 Å². The first-order chi connectivity index (χ1) is 10.2. The summed E-state index contributed by atoms with van der Waals surface area (Å²) in [4.78, 5) is 2.59. The first-order valence-electron chi connectivity index (χ1n) is 7.77. The molecule has 0 radical (unpaired) electrons. The van der Waals surface area contributed by atoms with E-state index in [0.29, 0.717) is 12.8 Å². The van der Waals surface area contributed by atoms with E-state index >= 15 is 0 Å². The number of nitrogens with zero attached hydrogens (tertiary/aromatic N) is 1. The number of ether oxygens (including phenoxy) is 2. The Kier molecular flexibility index (Phi) is 5.03. The Morgan fingerprint density at radius 2 is 1.90 bits per heavy atom. The Morgan fingerprint density at radius 1 is 1.19 bits per heavy atom. The van der Waals surface area contributed by atoms with Crippen molar-refractivity contribution in [1.82, 2.24) is 10.2 Å². The lowest BCUT2D eigenvalue weighted by Gasteiger charge is -2.32. The monoisotopic (exact) mass is 354 g/mol. The molecule has 2 aliphatic rings. The molecule has 0 aliphatic carbocycles. The van der Waals surface area contributed by atoms with Crippen molar-refractivity contribution in [3.63, 3.8) is 0 Å². The van der Waals surface area contributed by atoms with Crippen LogP contribution in [0.4, 0.5) is 0 Å². The summed E-state index contributed by atoms with van der Waals surface area (Å²) in [5.74, 6) is 1.67.